The topological polar surface area (TPSA) is 46.6 Å². The number of ether oxygens (including phenoxy) is 2. The summed E-state index contributed by atoms with van der Waals surface area (Å²) >= 11 is 0. The Bertz CT molecular complexity index is 328. The number of rotatable bonds is 6. The highest BCUT2D eigenvalue weighted by Gasteiger charge is 2.17. The van der Waals surface area contributed by atoms with Gasteiger partial charge < -0.3 is 14.8 Å². The summed E-state index contributed by atoms with van der Waals surface area (Å²) in [6, 6.07) is 5.69. The normalized spacial score (nSPS) is 18.5. The van der Waals surface area contributed by atoms with E-state index in [4.69, 9.17) is 9.47 Å². The molecule has 100 valence electrons. The molecule has 1 aliphatic heterocycles. The number of methoxy groups -OCH3 is 1. The molecule has 0 radical (unpaired) electrons. The van der Waals surface area contributed by atoms with Crippen molar-refractivity contribution in [3.8, 4) is 5.88 Å². The van der Waals surface area contributed by atoms with E-state index in [1.807, 2.05) is 18.2 Å². The average Bonchev–Trinajstić information content (AvgIpc) is 2.41. The minimum absolute atomic E-state index is 0.0306. The fraction of sp³-hybridized carbons (Fsp3) is 0.615. The molecule has 1 unspecified atom stereocenters. The molecule has 0 aromatic carbocycles. The zero-order chi connectivity index (χ0) is 12.6. The quantitative estimate of drug-likeness (QED) is 0.792. The van der Waals surface area contributed by atoms with Crippen molar-refractivity contribution in [3.05, 3.63) is 24.4 Å². The van der Waals surface area contributed by atoms with Crippen LogP contribution in [0.5, 0.6) is 5.88 Å². The second kappa shape index (κ2) is 7.31. The van der Waals surface area contributed by atoms with Crippen LogP contribution in [-0.2, 0) is 4.74 Å². The molecule has 1 N–H and O–H groups in total. The highest BCUT2D eigenvalue weighted by Crippen LogP contribution is 2.08. The van der Waals surface area contributed by atoms with Crippen LogP contribution < -0.4 is 10.1 Å². The van der Waals surface area contributed by atoms with Gasteiger partial charge in [-0.2, -0.15) is 0 Å². The predicted molar refractivity (Wildman–Crippen MR) is 69.8 cm³/mol. The van der Waals surface area contributed by atoms with Gasteiger partial charge in [0.2, 0.25) is 5.88 Å². The van der Waals surface area contributed by atoms with Crippen molar-refractivity contribution in [2.75, 3.05) is 46.4 Å². The van der Waals surface area contributed by atoms with Crippen molar-refractivity contribution in [2.24, 2.45) is 0 Å². The molecule has 1 atom stereocenters. The van der Waals surface area contributed by atoms with Gasteiger partial charge in [-0.1, -0.05) is 6.07 Å². The molecule has 1 aromatic heterocycles. The molecule has 1 saturated heterocycles. The summed E-state index contributed by atoms with van der Waals surface area (Å²) in [6.45, 7) is 5.68. The average molecular weight is 251 g/mol. The van der Waals surface area contributed by atoms with Crippen LogP contribution in [0.15, 0.2) is 24.4 Å². The van der Waals surface area contributed by atoms with Crippen LogP contribution >= 0.6 is 0 Å². The molecule has 5 heteroatoms. The number of aromatic nitrogens is 1. The molecule has 0 spiro atoms. The van der Waals surface area contributed by atoms with E-state index < -0.39 is 0 Å². The summed E-state index contributed by atoms with van der Waals surface area (Å²) in [5.41, 5.74) is 0. The molecule has 0 aliphatic carbocycles. The van der Waals surface area contributed by atoms with Gasteiger partial charge in [0.1, 0.15) is 6.10 Å². The summed E-state index contributed by atoms with van der Waals surface area (Å²) in [7, 11) is 1.70. The van der Waals surface area contributed by atoms with E-state index in [1.54, 1.807) is 13.3 Å². The zero-order valence-electron chi connectivity index (χ0n) is 10.8. The van der Waals surface area contributed by atoms with Crippen LogP contribution in [0.2, 0.25) is 0 Å². The van der Waals surface area contributed by atoms with Crippen LogP contribution in [0.1, 0.15) is 0 Å². The third-order valence-electron chi connectivity index (χ3n) is 2.95. The Morgan fingerprint density at radius 2 is 2.22 bits per heavy atom. The maximum atomic E-state index is 5.86. The monoisotopic (exact) mass is 251 g/mol. The van der Waals surface area contributed by atoms with Crippen molar-refractivity contribution in [1.29, 1.82) is 0 Å². The van der Waals surface area contributed by atoms with Gasteiger partial charge in [-0.15, -0.1) is 0 Å². The van der Waals surface area contributed by atoms with Gasteiger partial charge in [0.15, 0.2) is 0 Å². The van der Waals surface area contributed by atoms with Gasteiger partial charge in [0.25, 0.3) is 0 Å². The van der Waals surface area contributed by atoms with E-state index in [0.29, 0.717) is 12.5 Å². The summed E-state index contributed by atoms with van der Waals surface area (Å²) in [5.74, 6) is 0.662. The summed E-state index contributed by atoms with van der Waals surface area (Å²) in [6.07, 6.45) is 1.77. The van der Waals surface area contributed by atoms with Gasteiger partial charge in [-0.05, 0) is 6.07 Å². The number of nitrogens with one attached hydrogen (secondary N) is 1. The first-order valence-corrected chi connectivity index (χ1v) is 6.38. The number of hydrogen-bond donors (Lipinski definition) is 1. The van der Waals surface area contributed by atoms with E-state index in [0.717, 1.165) is 32.7 Å². The minimum atomic E-state index is 0.0306. The van der Waals surface area contributed by atoms with Crippen molar-refractivity contribution in [3.63, 3.8) is 0 Å². The molecule has 18 heavy (non-hydrogen) atoms. The molecular weight excluding hydrogens is 230 g/mol. The van der Waals surface area contributed by atoms with E-state index >= 15 is 0 Å². The molecule has 1 fully saturated rings. The first kappa shape index (κ1) is 13.3. The van der Waals surface area contributed by atoms with Crippen molar-refractivity contribution in [2.45, 2.75) is 6.10 Å². The van der Waals surface area contributed by atoms with Crippen LogP contribution in [0.4, 0.5) is 0 Å². The maximum Gasteiger partial charge on any atom is 0.213 e. The molecule has 0 bridgehead atoms. The van der Waals surface area contributed by atoms with Gasteiger partial charge >= 0.3 is 0 Å². The van der Waals surface area contributed by atoms with Gasteiger partial charge in [-0.25, -0.2) is 4.98 Å². The molecule has 2 rings (SSSR count). The third kappa shape index (κ3) is 4.25. The standard InChI is InChI=1S/C13H21N3O2/c1-17-11-12(10-16-8-6-14-7-9-16)18-13-4-2-3-5-15-13/h2-5,12,14H,6-11H2,1H3. The molecule has 1 aromatic rings. The Morgan fingerprint density at radius 1 is 1.39 bits per heavy atom. The highest BCUT2D eigenvalue weighted by molar-refractivity contribution is 5.09. The summed E-state index contributed by atoms with van der Waals surface area (Å²) in [4.78, 5) is 6.58. The fourth-order valence-corrected chi connectivity index (χ4v) is 2.08. The second-order valence-electron chi connectivity index (χ2n) is 4.41. The van der Waals surface area contributed by atoms with Gasteiger partial charge in [0.05, 0.1) is 6.61 Å². The molecule has 0 saturated carbocycles. The van der Waals surface area contributed by atoms with Crippen LogP contribution in [0, 0.1) is 0 Å². The summed E-state index contributed by atoms with van der Waals surface area (Å²) in [5, 5.41) is 3.34. The van der Waals surface area contributed by atoms with Crippen LogP contribution in [0.25, 0.3) is 0 Å². The molecule has 5 nitrogen and oxygen atoms in total. The van der Waals surface area contributed by atoms with Crippen LogP contribution in [-0.4, -0.2) is 62.4 Å². The minimum Gasteiger partial charge on any atom is -0.471 e. The Balaban J connectivity index is 1.86. The lowest BCUT2D eigenvalue weighted by Crippen LogP contribution is -2.48. The second-order valence-corrected chi connectivity index (χ2v) is 4.41. The van der Waals surface area contributed by atoms with Crippen molar-refractivity contribution < 1.29 is 9.47 Å². The number of piperazine rings is 1. The lowest BCUT2D eigenvalue weighted by atomic mass is 10.3. The molecule has 0 amide bonds. The van der Waals surface area contributed by atoms with E-state index in [2.05, 4.69) is 15.2 Å². The Morgan fingerprint density at radius 3 is 2.89 bits per heavy atom. The first-order valence-electron chi connectivity index (χ1n) is 6.38. The third-order valence-corrected chi connectivity index (χ3v) is 2.95. The van der Waals surface area contributed by atoms with E-state index in [1.165, 1.54) is 0 Å². The molecular formula is C13H21N3O2. The molecule has 1 aliphatic rings. The van der Waals surface area contributed by atoms with Gasteiger partial charge in [0, 0.05) is 52.1 Å². The Hall–Kier alpha value is -1.17. The fourth-order valence-electron chi connectivity index (χ4n) is 2.08. The number of hydrogen-bond acceptors (Lipinski definition) is 5. The van der Waals surface area contributed by atoms with E-state index in [-0.39, 0.29) is 6.10 Å². The summed E-state index contributed by atoms with van der Waals surface area (Å²) < 4.78 is 11.1. The largest absolute Gasteiger partial charge is 0.471 e. The smallest absolute Gasteiger partial charge is 0.213 e. The maximum absolute atomic E-state index is 5.86. The van der Waals surface area contributed by atoms with Gasteiger partial charge in [-0.3, -0.25) is 4.90 Å². The van der Waals surface area contributed by atoms with Crippen molar-refractivity contribution >= 4 is 0 Å². The lowest BCUT2D eigenvalue weighted by Gasteiger charge is -2.30. The lowest BCUT2D eigenvalue weighted by molar-refractivity contribution is 0.0477. The SMILES string of the molecule is COCC(CN1CCNCC1)Oc1ccccn1. The Kier molecular flexibility index (Phi) is 5.38. The first-order chi connectivity index (χ1) is 8.88. The number of nitrogens with zero attached hydrogens (tertiary/aromatic N) is 2. The zero-order valence-corrected chi connectivity index (χ0v) is 10.8. The predicted octanol–water partition coefficient (Wildman–Crippen LogP) is 0.381. The number of pyridine rings is 1. The van der Waals surface area contributed by atoms with Crippen LogP contribution in [0.3, 0.4) is 0 Å². The Labute approximate surface area is 108 Å². The highest BCUT2D eigenvalue weighted by atomic mass is 16.5. The molecule has 2 heterocycles. The van der Waals surface area contributed by atoms with Crippen molar-refractivity contribution in [1.82, 2.24) is 15.2 Å². The van der Waals surface area contributed by atoms with E-state index in [9.17, 15) is 0 Å².